The minimum Gasteiger partial charge on any atom is -0.442 e. The van der Waals surface area contributed by atoms with Crippen LogP contribution in [0.3, 0.4) is 0 Å². The number of rotatable bonds is 3. The normalized spacial score (nSPS) is 18.5. The maximum absolute atomic E-state index is 12.8. The third kappa shape index (κ3) is 3.72. The summed E-state index contributed by atoms with van der Waals surface area (Å²) in [4.78, 5) is 30.6. The Balaban J connectivity index is 1.19. The number of fused-ring (bicyclic) bond motifs is 1. The van der Waals surface area contributed by atoms with E-state index in [1.54, 1.807) is 9.80 Å². The minimum atomic E-state index is -4.49. The van der Waals surface area contributed by atoms with E-state index in [1.165, 1.54) is 6.07 Å². The van der Waals surface area contributed by atoms with Crippen LogP contribution >= 0.6 is 0 Å². The number of hydrogen-bond donors (Lipinski definition) is 0. The number of amides is 1. The van der Waals surface area contributed by atoms with Gasteiger partial charge in [-0.2, -0.15) is 13.2 Å². The number of ether oxygens (including phenoxy) is 1. The number of aryl methyl sites for hydroxylation is 1. The van der Waals surface area contributed by atoms with E-state index in [0.29, 0.717) is 37.7 Å². The molecule has 164 valence electrons. The summed E-state index contributed by atoms with van der Waals surface area (Å²) in [6, 6.07) is 2.52. The van der Waals surface area contributed by atoms with Gasteiger partial charge >= 0.3 is 12.3 Å². The van der Waals surface area contributed by atoms with Gasteiger partial charge in [-0.15, -0.1) is 0 Å². The van der Waals surface area contributed by atoms with E-state index in [9.17, 15) is 18.0 Å². The number of alkyl halides is 3. The molecule has 3 aliphatic rings. The molecule has 31 heavy (non-hydrogen) atoms. The molecule has 8 nitrogen and oxygen atoms in total. The first-order chi connectivity index (χ1) is 14.8. The van der Waals surface area contributed by atoms with Crippen molar-refractivity contribution in [2.75, 3.05) is 36.0 Å². The molecule has 2 fully saturated rings. The van der Waals surface area contributed by atoms with Gasteiger partial charge in [0.2, 0.25) is 0 Å². The van der Waals surface area contributed by atoms with Crippen molar-refractivity contribution < 1.29 is 22.7 Å². The van der Waals surface area contributed by atoms with Gasteiger partial charge in [-0.3, -0.25) is 9.88 Å². The van der Waals surface area contributed by atoms with Crippen molar-refractivity contribution in [3.63, 3.8) is 0 Å². The van der Waals surface area contributed by atoms with E-state index in [0.717, 1.165) is 48.8 Å². The molecule has 3 aliphatic heterocycles. The van der Waals surface area contributed by atoms with Gasteiger partial charge in [0.05, 0.1) is 31.9 Å². The van der Waals surface area contributed by atoms with Crippen LogP contribution in [0.25, 0.3) is 0 Å². The monoisotopic (exact) mass is 434 g/mol. The van der Waals surface area contributed by atoms with Crippen LogP contribution < -0.4 is 9.80 Å². The number of nitrogens with zero attached hydrogens (tertiary/aromatic N) is 6. The van der Waals surface area contributed by atoms with Crippen LogP contribution in [0.5, 0.6) is 0 Å². The first-order valence-electron chi connectivity index (χ1n) is 10.1. The fraction of sp³-hybridized carbons (Fsp3) is 0.500. The number of pyridine rings is 1. The molecule has 0 bridgehead atoms. The third-order valence-electron chi connectivity index (χ3n) is 5.80. The number of aromatic nitrogens is 3. The van der Waals surface area contributed by atoms with Crippen LogP contribution in [0.2, 0.25) is 0 Å². The molecule has 2 saturated heterocycles. The molecule has 0 radical (unpaired) electrons. The predicted molar refractivity (Wildman–Crippen MR) is 105 cm³/mol. The second-order valence-electron chi connectivity index (χ2n) is 8.02. The van der Waals surface area contributed by atoms with Gasteiger partial charge in [0.1, 0.15) is 23.4 Å². The summed E-state index contributed by atoms with van der Waals surface area (Å²) in [7, 11) is 0. The summed E-state index contributed by atoms with van der Waals surface area (Å²) in [5, 5.41) is 0. The topological polar surface area (TPSA) is 74.7 Å². The number of carbonyl (C=O) groups excluding carboxylic acids is 1. The number of carbonyl (C=O) groups is 1. The average Bonchev–Trinajstić information content (AvgIpc) is 3.06. The van der Waals surface area contributed by atoms with Gasteiger partial charge in [-0.05, 0) is 25.5 Å². The molecule has 0 aliphatic carbocycles. The Morgan fingerprint density at radius 2 is 1.94 bits per heavy atom. The molecule has 1 amide bonds. The highest BCUT2D eigenvalue weighted by molar-refractivity contribution is 5.70. The molecule has 2 aromatic rings. The number of hydrogen-bond acceptors (Lipinski definition) is 7. The maximum Gasteiger partial charge on any atom is 0.433 e. The molecule has 0 spiro atoms. The van der Waals surface area contributed by atoms with E-state index >= 15 is 0 Å². The lowest BCUT2D eigenvalue weighted by Crippen LogP contribution is -2.54. The van der Waals surface area contributed by atoms with Gasteiger partial charge in [0, 0.05) is 30.5 Å². The summed E-state index contributed by atoms with van der Waals surface area (Å²) in [5.41, 5.74) is 1.29. The Hall–Kier alpha value is -3.11. The number of anilines is 2. The minimum absolute atomic E-state index is 0.339. The van der Waals surface area contributed by atoms with E-state index in [1.807, 2.05) is 6.92 Å². The molecule has 5 rings (SSSR count). The Labute approximate surface area is 176 Å². The van der Waals surface area contributed by atoms with Crippen LogP contribution in [-0.2, 0) is 24.0 Å². The lowest BCUT2D eigenvalue weighted by atomic mass is 10.1. The summed E-state index contributed by atoms with van der Waals surface area (Å²) in [6.45, 7) is 5.20. The van der Waals surface area contributed by atoms with Crippen molar-refractivity contribution in [3.8, 4) is 0 Å². The van der Waals surface area contributed by atoms with Crippen molar-refractivity contribution in [1.29, 1.82) is 0 Å². The summed E-state index contributed by atoms with van der Waals surface area (Å²) < 4.78 is 44.1. The molecule has 0 N–H and O–H groups in total. The van der Waals surface area contributed by atoms with Gasteiger partial charge in [0.15, 0.2) is 0 Å². The van der Waals surface area contributed by atoms with E-state index < -0.39 is 18.0 Å². The zero-order chi connectivity index (χ0) is 21.8. The second-order valence-corrected chi connectivity index (χ2v) is 8.02. The van der Waals surface area contributed by atoms with Gasteiger partial charge in [-0.1, -0.05) is 0 Å². The highest BCUT2D eigenvalue weighted by Gasteiger charge is 2.37. The van der Waals surface area contributed by atoms with E-state index in [4.69, 9.17) is 4.74 Å². The molecule has 2 aromatic heterocycles. The van der Waals surface area contributed by atoms with Gasteiger partial charge in [-0.25, -0.2) is 14.8 Å². The van der Waals surface area contributed by atoms with Crippen molar-refractivity contribution in [2.45, 2.75) is 38.7 Å². The standard InChI is InChI=1S/C20H21F3N6O2/c1-12-25-16-11-29(10-15(16)18(26-12)27-5-2-6-27)19(30)31-14-8-28(9-14)13-3-4-24-17(7-13)20(21,22)23/h3-4,7,14H,2,5-6,8-11H2,1H3. The van der Waals surface area contributed by atoms with Crippen LogP contribution in [0.1, 0.15) is 29.2 Å². The SMILES string of the molecule is Cc1nc2c(c(N3CCC3)n1)CN(C(=O)OC1CN(c3ccnc(C(F)(F)F)c3)C1)C2. The van der Waals surface area contributed by atoms with Crippen molar-refractivity contribution in [2.24, 2.45) is 0 Å². The molecular weight excluding hydrogens is 413 g/mol. The fourth-order valence-corrected chi connectivity index (χ4v) is 3.99. The molecule has 11 heteroatoms. The summed E-state index contributed by atoms with van der Waals surface area (Å²) >= 11 is 0. The fourth-order valence-electron chi connectivity index (χ4n) is 3.99. The zero-order valence-corrected chi connectivity index (χ0v) is 16.9. The highest BCUT2D eigenvalue weighted by atomic mass is 19.4. The summed E-state index contributed by atoms with van der Waals surface area (Å²) in [5.74, 6) is 1.58. The first-order valence-corrected chi connectivity index (χ1v) is 10.1. The molecular formula is C20H21F3N6O2. The molecule has 0 aromatic carbocycles. The quantitative estimate of drug-likeness (QED) is 0.735. The Morgan fingerprint density at radius 1 is 1.16 bits per heavy atom. The summed E-state index contributed by atoms with van der Waals surface area (Å²) in [6.07, 6.45) is -3.04. The van der Waals surface area contributed by atoms with Crippen LogP contribution in [0, 0.1) is 6.92 Å². The highest BCUT2D eigenvalue weighted by Crippen LogP contribution is 2.33. The first kappa shape index (κ1) is 19.8. The molecule has 0 unspecified atom stereocenters. The molecule has 0 saturated carbocycles. The van der Waals surface area contributed by atoms with Gasteiger partial charge in [0.25, 0.3) is 0 Å². The van der Waals surface area contributed by atoms with E-state index in [2.05, 4.69) is 19.9 Å². The smallest absolute Gasteiger partial charge is 0.433 e. The van der Waals surface area contributed by atoms with Crippen LogP contribution in [0.15, 0.2) is 18.3 Å². The van der Waals surface area contributed by atoms with E-state index in [-0.39, 0.29) is 6.10 Å². The van der Waals surface area contributed by atoms with Crippen molar-refractivity contribution >= 4 is 17.6 Å². The predicted octanol–water partition coefficient (Wildman–Crippen LogP) is 2.75. The van der Waals surface area contributed by atoms with Crippen molar-refractivity contribution in [1.82, 2.24) is 19.9 Å². The number of halogens is 3. The Kier molecular flexibility index (Phi) is 4.63. The maximum atomic E-state index is 12.8. The zero-order valence-electron chi connectivity index (χ0n) is 16.9. The lowest BCUT2D eigenvalue weighted by Gasteiger charge is -2.40. The average molecular weight is 434 g/mol. The largest absolute Gasteiger partial charge is 0.442 e. The third-order valence-corrected chi connectivity index (χ3v) is 5.80. The lowest BCUT2D eigenvalue weighted by molar-refractivity contribution is -0.141. The van der Waals surface area contributed by atoms with Crippen LogP contribution in [-0.4, -0.2) is 58.2 Å². The Morgan fingerprint density at radius 3 is 2.61 bits per heavy atom. The van der Waals surface area contributed by atoms with Gasteiger partial charge < -0.3 is 14.5 Å². The second kappa shape index (κ2) is 7.24. The molecule has 5 heterocycles. The van der Waals surface area contributed by atoms with Crippen LogP contribution in [0.4, 0.5) is 29.5 Å². The Bertz CT molecular complexity index is 1020. The molecule has 0 atom stereocenters. The van der Waals surface area contributed by atoms with Crippen molar-refractivity contribution in [3.05, 3.63) is 41.1 Å².